The van der Waals surface area contributed by atoms with Crippen molar-refractivity contribution in [1.82, 2.24) is 5.43 Å². The van der Waals surface area contributed by atoms with Crippen molar-refractivity contribution in [2.24, 2.45) is 0 Å². The summed E-state index contributed by atoms with van der Waals surface area (Å²) in [6.07, 6.45) is -0.670. The van der Waals surface area contributed by atoms with Crippen molar-refractivity contribution < 1.29 is 37.1 Å². The highest BCUT2D eigenvalue weighted by molar-refractivity contribution is 7.85. The lowest BCUT2D eigenvalue weighted by Gasteiger charge is -2.19. The molecule has 182 valence electrons. The van der Waals surface area contributed by atoms with Crippen molar-refractivity contribution in [2.75, 3.05) is 0 Å². The van der Waals surface area contributed by atoms with Gasteiger partial charge in [0.05, 0.1) is 17.6 Å². The lowest BCUT2D eigenvalue weighted by molar-refractivity contribution is -0.552. The van der Waals surface area contributed by atoms with Gasteiger partial charge in [-0.15, -0.1) is 5.10 Å². The normalized spacial score (nSPS) is 12.8. The van der Waals surface area contributed by atoms with Crippen LogP contribution in [0, 0.1) is 0 Å². The van der Waals surface area contributed by atoms with E-state index >= 15 is 0 Å². The molecule has 0 spiro atoms. The molecule has 2 aliphatic rings. The summed E-state index contributed by atoms with van der Waals surface area (Å²) in [5, 5.41) is 13.4. The Balaban J connectivity index is 1.96. The molecule has 0 radical (unpaired) electrons. The number of aliphatic hydroxyl groups is 1. The van der Waals surface area contributed by atoms with Crippen molar-refractivity contribution in [3.05, 3.63) is 71.6 Å². The molecule has 2 aromatic rings. The van der Waals surface area contributed by atoms with Crippen LogP contribution in [0.2, 0.25) is 0 Å². The summed E-state index contributed by atoms with van der Waals surface area (Å²) in [5.41, 5.74) is 4.03. The molecule has 0 bridgehead atoms. The third-order valence-corrected chi connectivity index (χ3v) is 6.00. The van der Waals surface area contributed by atoms with Crippen LogP contribution in [-0.2, 0) is 21.5 Å². The SMILES string of the molecule is CC(C)(C)OC(=O)N/[NH+]=c1\ccc2c(-c3ccccc3S(=O)(=O)[O-])c3ccc(CO)cc3oc-2c1. The first kappa shape index (κ1) is 24.4. The summed E-state index contributed by atoms with van der Waals surface area (Å²) in [5.74, 6) is 0.358. The van der Waals surface area contributed by atoms with Gasteiger partial charge < -0.3 is 18.8 Å². The molecule has 0 saturated carbocycles. The Labute approximate surface area is 201 Å². The number of aliphatic hydroxyl groups excluding tert-OH is 1. The second kappa shape index (κ2) is 9.14. The Bertz CT molecular complexity index is 1570. The lowest BCUT2D eigenvalue weighted by atomic mass is 9.93. The quantitative estimate of drug-likeness (QED) is 0.223. The van der Waals surface area contributed by atoms with Gasteiger partial charge in [0.15, 0.2) is 0 Å². The number of hydrazine groups is 1. The number of carbonyl (C=O) groups excluding carboxylic acids is 1. The summed E-state index contributed by atoms with van der Waals surface area (Å²) in [4.78, 5) is 11.6. The molecule has 1 heterocycles. The van der Waals surface area contributed by atoms with E-state index in [0.717, 1.165) is 0 Å². The van der Waals surface area contributed by atoms with Crippen LogP contribution in [0.1, 0.15) is 26.3 Å². The highest BCUT2D eigenvalue weighted by Crippen LogP contribution is 2.42. The molecule has 1 amide bonds. The molecule has 10 heteroatoms. The molecular weight excluding hydrogens is 472 g/mol. The number of carbonyl (C=O) groups is 1. The summed E-state index contributed by atoms with van der Waals surface area (Å²) >= 11 is 0. The van der Waals surface area contributed by atoms with E-state index in [9.17, 15) is 22.9 Å². The molecule has 0 fully saturated rings. The van der Waals surface area contributed by atoms with Gasteiger partial charge in [-0.05, 0) is 44.5 Å². The van der Waals surface area contributed by atoms with Gasteiger partial charge in [0.1, 0.15) is 27.1 Å². The zero-order chi connectivity index (χ0) is 25.4. The predicted octanol–water partition coefficient (Wildman–Crippen LogP) is 2.02. The van der Waals surface area contributed by atoms with Gasteiger partial charge in [0.25, 0.3) is 0 Å². The molecule has 0 unspecified atom stereocenters. The van der Waals surface area contributed by atoms with Gasteiger partial charge in [-0.3, -0.25) is 0 Å². The molecule has 0 saturated heterocycles. The first-order chi connectivity index (χ1) is 16.5. The summed E-state index contributed by atoms with van der Waals surface area (Å²) in [7, 11) is -4.77. The highest BCUT2D eigenvalue weighted by atomic mass is 32.2. The molecule has 9 nitrogen and oxygen atoms in total. The summed E-state index contributed by atoms with van der Waals surface area (Å²) in [6, 6.07) is 16.0. The largest absolute Gasteiger partial charge is 0.744 e. The van der Waals surface area contributed by atoms with Gasteiger partial charge in [0.2, 0.25) is 5.36 Å². The van der Waals surface area contributed by atoms with Crippen LogP contribution < -0.4 is 15.9 Å². The zero-order valence-electron chi connectivity index (χ0n) is 19.3. The molecule has 1 aliphatic carbocycles. The van der Waals surface area contributed by atoms with Crippen molar-refractivity contribution in [2.45, 2.75) is 37.9 Å². The van der Waals surface area contributed by atoms with Crippen LogP contribution in [0.3, 0.4) is 0 Å². The van der Waals surface area contributed by atoms with Crippen LogP contribution in [0.15, 0.2) is 70.0 Å². The Morgan fingerprint density at radius 2 is 1.83 bits per heavy atom. The minimum absolute atomic E-state index is 0.217. The van der Waals surface area contributed by atoms with Crippen molar-refractivity contribution in [3.8, 4) is 22.5 Å². The van der Waals surface area contributed by atoms with Gasteiger partial charge in [0, 0.05) is 28.1 Å². The van der Waals surface area contributed by atoms with E-state index in [0.29, 0.717) is 38.8 Å². The average molecular weight is 497 g/mol. The standard InChI is InChI=1S/C25H24N2O7S/c1-25(2,3)34-24(29)27-26-16-9-11-18-21(13-16)33-20-12-15(14-28)8-10-17(20)23(18)19-6-4-5-7-22(19)35(30,31)32/h4-13,28H,14H2,1-3H3,(H,27,29)(H,30,31,32)/b26-16+. The van der Waals surface area contributed by atoms with Crippen LogP contribution in [0.4, 0.5) is 4.79 Å². The van der Waals surface area contributed by atoms with Crippen molar-refractivity contribution in [3.63, 3.8) is 0 Å². The predicted molar refractivity (Wildman–Crippen MR) is 126 cm³/mol. The smallest absolute Gasteiger partial charge is 0.461 e. The first-order valence-electron chi connectivity index (χ1n) is 10.7. The van der Waals surface area contributed by atoms with E-state index in [-0.39, 0.29) is 17.1 Å². The highest BCUT2D eigenvalue weighted by Gasteiger charge is 2.22. The fourth-order valence-electron chi connectivity index (χ4n) is 3.72. The Hall–Kier alpha value is -3.73. The third kappa shape index (κ3) is 5.35. The molecule has 3 N–H and O–H groups in total. The average Bonchev–Trinajstić information content (AvgIpc) is 2.79. The topological polar surface area (TPSA) is 143 Å². The minimum atomic E-state index is -4.77. The maximum atomic E-state index is 12.0. The second-order valence-electron chi connectivity index (χ2n) is 8.88. The number of ether oxygens (including phenoxy) is 1. The maximum Gasteiger partial charge on any atom is 0.461 e. The summed E-state index contributed by atoms with van der Waals surface area (Å²) in [6.45, 7) is 5.02. The molecule has 0 atom stereocenters. The van der Waals surface area contributed by atoms with E-state index in [2.05, 4.69) is 10.5 Å². The van der Waals surface area contributed by atoms with Gasteiger partial charge in [-0.25, -0.2) is 13.2 Å². The van der Waals surface area contributed by atoms with Crippen molar-refractivity contribution >= 4 is 27.2 Å². The number of hydrogen-bond acceptors (Lipinski definition) is 7. The van der Waals surface area contributed by atoms with Crippen LogP contribution in [0.25, 0.3) is 33.4 Å². The van der Waals surface area contributed by atoms with E-state index in [1.807, 2.05) is 0 Å². The van der Waals surface area contributed by atoms with E-state index < -0.39 is 21.8 Å². The minimum Gasteiger partial charge on any atom is -0.744 e. The number of hydrogen-bond donors (Lipinski definition) is 3. The third-order valence-electron chi connectivity index (χ3n) is 5.10. The Morgan fingerprint density at radius 3 is 2.51 bits per heavy atom. The fourth-order valence-corrected chi connectivity index (χ4v) is 4.40. The first-order valence-corrected chi connectivity index (χ1v) is 12.1. The Kier molecular flexibility index (Phi) is 6.37. The van der Waals surface area contributed by atoms with Gasteiger partial charge >= 0.3 is 6.09 Å². The van der Waals surface area contributed by atoms with E-state index in [4.69, 9.17) is 9.15 Å². The molecular formula is C25H24N2O7S. The maximum absolute atomic E-state index is 12.0. The number of amides is 1. The number of benzene rings is 3. The molecule has 1 aliphatic heterocycles. The van der Waals surface area contributed by atoms with Gasteiger partial charge in [-0.2, -0.15) is 0 Å². The van der Waals surface area contributed by atoms with E-state index in [1.165, 1.54) is 12.1 Å². The Morgan fingerprint density at radius 1 is 1.09 bits per heavy atom. The van der Waals surface area contributed by atoms with Crippen molar-refractivity contribution in [1.29, 1.82) is 0 Å². The zero-order valence-corrected chi connectivity index (χ0v) is 20.1. The molecule has 2 aromatic carbocycles. The second-order valence-corrected chi connectivity index (χ2v) is 10.2. The number of rotatable bonds is 4. The molecule has 0 aromatic heterocycles. The fraction of sp³-hybridized carbons (Fsp3) is 0.200. The van der Waals surface area contributed by atoms with Crippen LogP contribution in [-0.4, -0.2) is 29.8 Å². The van der Waals surface area contributed by atoms with Gasteiger partial charge in [-0.1, -0.05) is 35.8 Å². The lowest BCUT2D eigenvalue weighted by Crippen LogP contribution is -2.87. The number of fused-ring (bicyclic) bond motifs is 2. The molecule has 4 rings (SSSR count). The van der Waals surface area contributed by atoms with Crippen LogP contribution >= 0.6 is 0 Å². The monoisotopic (exact) mass is 496 g/mol. The number of nitrogens with one attached hydrogen (secondary N) is 2. The summed E-state index contributed by atoms with van der Waals surface area (Å²) < 4.78 is 47.4. The molecule has 35 heavy (non-hydrogen) atoms. The van der Waals surface area contributed by atoms with Crippen LogP contribution in [0.5, 0.6) is 0 Å². The van der Waals surface area contributed by atoms with E-state index in [1.54, 1.807) is 69.3 Å².